The summed E-state index contributed by atoms with van der Waals surface area (Å²) in [5.74, 6) is 1.65. The minimum Gasteiger partial charge on any atom is -0.490 e. The number of methoxy groups -OCH3 is 1. The van der Waals surface area contributed by atoms with Gasteiger partial charge in [0.25, 0.3) is 0 Å². The molecule has 1 aliphatic heterocycles. The number of benzene rings is 3. The summed E-state index contributed by atoms with van der Waals surface area (Å²) in [6.45, 7) is 13.3. The van der Waals surface area contributed by atoms with Crippen molar-refractivity contribution in [3.63, 3.8) is 0 Å². The molecule has 0 atom stereocenters. The number of fused-ring (bicyclic) bond motifs is 2. The van der Waals surface area contributed by atoms with Crippen LogP contribution in [0.3, 0.4) is 0 Å². The fraction of sp³-hybridized carbons (Fsp3) is 0.476. The maximum Gasteiger partial charge on any atom is 0.377 e. The van der Waals surface area contributed by atoms with Crippen molar-refractivity contribution in [1.82, 2.24) is 4.98 Å². The third-order valence-electron chi connectivity index (χ3n) is 8.94. The number of azo groups is 1. The van der Waals surface area contributed by atoms with E-state index in [2.05, 4.69) is 42.1 Å². The van der Waals surface area contributed by atoms with Crippen LogP contribution in [0.4, 0.5) is 33.7 Å². The molecule has 17 nitrogen and oxygen atoms in total. The van der Waals surface area contributed by atoms with Crippen LogP contribution in [0, 0.1) is 24.0 Å². The quantitative estimate of drug-likeness (QED) is 0.0494. The number of hydrogen-bond donors (Lipinski definition) is 0. The molecular weight excluding hydrogens is 795 g/mol. The van der Waals surface area contributed by atoms with Crippen LogP contribution in [-0.2, 0) is 23.7 Å². The summed E-state index contributed by atoms with van der Waals surface area (Å²) in [4.78, 5) is 23.5. The number of nitrogens with zero attached hydrogens (tertiary/aromatic N) is 7. The molecule has 0 bridgehead atoms. The fourth-order valence-corrected chi connectivity index (χ4v) is 6.53. The van der Waals surface area contributed by atoms with Gasteiger partial charge in [-0.05, 0) is 78.2 Å². The summed E-state index contributed by atoms with van der Waals surface area (Å²) in [7, 11) is 1.61. The van der Waals surface area contributed by atoms with E-state index in [1.165, 1.54) is 5.38 Å². The highest BCUT2D eigenvalue weighted by atomic mass is 32.1. The molecule has 0 radical (unpaired) electrons. The summed E-state index contributed by atoms with van der Waals surface area (Å²) in [6, 6.07) is 17.6. The van der Waals surface area contributed by atoms with Crippen molar-refractivity contribution in [2.45, 2.75) is 20.8 Å². The third kappa shape index (κ3) is 15.1. The molecule has 1 aromatic heterocycles. The first-order chi connectivity index (χ1) is 29.3. The van der Waals surface area contributed by atoms with E-state index in [0.717, 1.165) is 39.6 Å². The lowest BCUT2D eigenvalue weighted by molar-refractivity contribution is -0.389. The van der Waals surface area contributed by atoms with Gasteiger partial charge < -0.3 is 57.8 Å². The van der Waals surface area contributed by atoms with Crippen molar-refractivity contribution in [3.05, 3.63) is 81.2 Å². The van der Waals surface area contributed by atoms with E-state index in [0.29, 0.717) is 122 Å². The summed E-state index contributed by atoms with van der Waals surface area (Å²) >= 11 is 1.03. The van der Waals surface area contributed by atoms with Crippen molar-refractivity contribution < 1.29 is 42.8 Å². The van der Waals surface area contributed by atoms with Crippen molar-refractivity contribution in [2.24, 2.45) is 15.2 Å². The van der Waals surface area contributed by atoms with Crippen molar-refractivity contribution >= 4 is 51.3 Å². The minimum atomic E-state index is -0.566. The van der Waals surface area contributed by atoms with E-state index in [1.807, 2.05) is 51.1 Å². The van der Waals surface area contributed by atoms with Gasteiger partial charge >= 0.3 is 10.9 Å². The Morgan fingerprint density at radius 3 is 2.35 bits per heavy atom. The number of thiazole rings is 1. The molecule has 2 heterocycles. The number of aliphatic imine (C=N–C) groups is 1. The highest BCUT2D eigenvalue weighted by Gasteiger charge is 2.19. The average Bonchev–Trinajstić information content (AvgIpc) is 3.73. The Morgan fingerprint density at radius 1 is 0.817 bits per heavy atom. The van der Waals surface area contributed by atoms with Crippen molar-refractivity contribution in [3.8, 4) is 17.2 Å². The van der Waals surface area contributed by atoms with Crippen LogP contribution in [0.15, 0.2) is 75.2 Å². The smallest absolute Gasteiger partial charge is 0.377 e. The molecular formula is C42H55N7O10S. The average molecular weight is 850 g/mol. The van der Waals surface area contributed by atoms with Gasteiger partial charge in [-0.15, -0.1) is 5.11 Å². The van der Waals surface area contributed by atoms with Gasteiger partial charge in [0.05, 0.1) is 88.4 Å². The molecule has 324 valence electrons. The van der Waals surface area contributed by atoms with Gasteiger partial charge in [-0.25, -0.2) is 0 Å². The van der Waals surface area contributed by atoms with Gasteiger partial charge in [0.1, 0.15) is 42.8 Å². The van der Waals surface area contributed by atoms with E-state index in [1.54, 1.807) is 25.5 Å². The molecule has 0 spiro atoms. The first-order valence-corrected chi connectivity index (χ1v) is 20.8. The first-order valence-electron chi connectivity index (χ1n) is 19.9. The Balaban J connectivity index is 1.44. The summed E-state index contributed by atoms with van der Waals surface area (Å²) in [6.07, 6.45) is 1.73. The topological polar surface area (TPSA) is 173 Å². The Kier molecular flexibility index (Phi) is 19.4. The van der Waals surface area contributed by atoms with Crippen LogP contribution >= 0.6 is 11.3 Å². The van der Waals surface area contributed by atoms with Gasteiger partial charge in [0.2, 0.25) is 0 Å². The van der Waals surface area contributed by atoms with E-state index >= 15 is 0 Å². The predicted molar refractivity (Wildman–Crippen MR) is 232 cm³/mol. The Hall–Kier alpha value is -5.24. The molecule has 60 heavy (non-hydrogen) atoms. The number of anilines is 2. The zero-order chi connectivity index (χ0) is 42.4. The molecule has 0 N–H and O–H groups in total. The fourth-order valence-electron chi connectivity index (χ4n) is 5.95. The van der Waals surface area contributed by atoms with E-state index in [4.69, 9.17) is 37.9 Å². The molecule has 0 aliphatic carbocycles. The largest absolute Gasteiger partial charge is 0.490 e. The van der Waals surface area contributed by atoms with Crippen LogP contribution in [0.5, 0.6) is 17.2 Å². The van der Waals surface area contributed by atoms with Gasteiger partial charge in [0, 0.05) is 39.1 Å². The van der Waals surface area contributed by atoms with Gasteiger partial charge in [-0.1, -0.05) is 28.6 Å². The summed E-state index contributed by atoms with van der Waals surface area (Å²) in [5.41, 5.74) is 4.97. The van der Waals surface area contributed by atoms with Crippen molar-refractivity contribution in [1.29, 1.82) is 0 Å². The molecule has 0 fully saturated rings. The lowest BCUT2D eigenvalue weighted by atomic mass is 10.2. The number of aryl methyl sites for hydroxylation is 2. The highest BCUT2D eigenvalue weighted by Crippen LogP contribution is 2.35. The Bertz CT molecular complexity index is 1980. The van der Waals surface area contributed by atoms with Crippen LogP contribution in [0.25, 0.3) is 0 Å². The second-order valence-electron chi connectivity index (χ2n) is 13.4. The van der Waals surface area contributed by atoms with Crippen LogP contribution in [-0.4, -0.2) is 129 Å². The van der Waals surface area contributed by atoms with Crippen molar-refractivity contribution in [2.75, 3.05) is 122 Å². The number of rotatable bonds is 15. The summed E-state index contributed by atoms with van der Waals surface area (Å²) in [5, 5.41) is 21.1. The van der Waals surface area contributed by atoms with E-state index in [-0.39, 0.29) is 17.6 Å². The molecule has 18 heteroatoms. The maximum atomic E-state index is 11.1. The lowest BCUT2D eigenvalue weighted by Gasteiger charge is -2.29. The first kappa shape index (κ1) is 45.8. The van der Waals surface area contributed by atoms with Crippen LogP contribution in [0.2, 0.25) is 0 Å². The second-order valence-corrected chi connectivity index (χ2v) is 14.2. The molecule has 5 rings (SSSR count). The molecule has 4 aromatic rings. The molecule has 0 saturated heterocycles. The van der Waals surface area contributed by atoms with Crippen LogP contribution in [0.1, 0.15) is 18.1 Å². The lowest BCUT2D eigenvalue weighted by Crippen LogP contribution is -2.34. The minimum absolute atomic E-state index is 0.166. The molecule has 1 aliphatic rings. The second kappa shape index (κ2) is 25.4. The molecule has 0 unspecified atom stereocenters. The normalized spacial score (nSPS) is 15.3. The predicted octanol–water partition coefficient (Wildman–Crippen LogP) is 7.68. The highest BCUT2D eigenvalue weighted by molar-refractivity contribution is 7.13. The van der Waals surface area contributed by atoms with Gasteiger partial charge in [0.15, 0.2) is 0 Å². The molecule has 0 saturated carbocycles. The standard InChI is InChI=1S/C42H55N7O10S/c1-5-53-23-24-55-18-13-47-14-19-56-26-25-54-17-12-43-35-9-6-32(2)28-38(35)57-20-15-48(16-21-58-39-29-33(3)7-10-36(39)47)37-11-8-34(30-40(37)59-27-22-52-4)45-46-42-44-41(31-60-42)49(50)51/h6-12,28-31H,5,13-27H2,1-4H3/b43-12+,46-45+. The van der Waals surface area contributed by atoms with E-state index in [9.17, 15) is 10.1 Å². The summed E-state index contributed by atoms with van der Waals surface area (Å²) < 4.78 is 47.8. The molecule has 0 amide bonds. The number of ether oxygens (including phenoxy) is 8. The van der Waals surface area contributed by atoms with Gasteiger partial charge in [-0.2, -0.15) is 0 Å². The Morgan fingerprint density at radius 2 is 1.57 bits per heavy atom. The third-order valence-corrected chi connectivity index (χ3v) is 9.65. The zero-order valence-corrected chi connectivity index (χ0v) is 35.6. The zero-order valence-electron chi connectivity index (χ0n) is 34.8. The number of aromatic nitrogens is 1. The monoisotopic (exact) mass is 849 g/mol. The van der Waals surface area contributed by atoms with E-state index < -0.39 is 4.92 Å². The SMILES string of the molecule is CCOCCOCCN1CCOCCOC/C=N/c2ccc(C)cc2OCCN(c2ccc(/N=N/c3nc([N+](=O)[O-])cs3)cc2OCCOC)CCOc2cc(C)ccc21. The van der Waals surface area contributed by atoms with Crippen LogP contribution < -0.4 is 24.0 Å². The molecule has 3 aromatic carbocycles. The maximum absolute atomic E-state index is 11.1. The number of hydrogen-bond acceptors (Lipinski definition) is 17. The Labute approximate surface area is 355 Å². The number of nitro groups is 1. The van der Waals surface area contributed by atoms with Gasteiger partial charge in [-0.3, -0.25) is 4.99 Å².